The van der Waals surface area contributed by atoms with Crippen molar-refractivity contribution in [2.75, 3.05) is 45.8 Å². The largest absolute Gasteiger partial charge is 0.301 e. The van der Waals surface area contributed by atoms with Gasteiger partial charge in [0.25, 0.3) is 0 Å². The van der Waals surface area contributed by atoms with Crippen LogP contribution in [0.15, 0.2) is 21.7 Å². The van der Waals surface area contributed by atoms with Crippen molar-refractivity contribution in [3.05, 3.63) is 17.5 Å². The number of nitrogens with one attached hydrogen (secondary N) is 1. The number of sulfonamides is 1. The number of hydrogen-bond donors (Lipinski definition) is 1. The van der Waals surface area contributed by atoms with Crippen molar-refractivity contribution < 1.29 is 8.42 Å². The molecule has 1 aliphatic heterocycles. The Hall–Kier alpha value is -0.470. The molecule has 0 aromatic carbocycles. The summed E-state index contributed by atoms with van der Waals surface area (Å²) in [7, 11) is -3.28. The van der Waals surface area contributed by atoms with Gasteiger partial charge in [0.05, 0.1) is 0 Å². The molecule has 0 bridgehead atoms. The highest BCUT2D eigenvalue weighted by Gasteiger charge is 2.15. The van der Waals surface area contributed by atoms with Gasteiger partial charge in [0.15, 0.2) is 0 Å². The molecule has 22 heavy (non-hydrogen) atoms. The molecule has 1 aliphatic rings. The molecule has 0 radical (unpaired) electrons. The summed E-state index contributed by atoms with van der Waals surface area (Å²) in [4.78, 5) is 5.00. The van der Waals surface area contributed by atoms with Crippen LogP contribution in [0, 0.1) is 0 Å². The van der Waals surface area contributed by atoms with E-state index in [1.54, 1.807) is 17.5 Å². The van der Waals surface area contributed by atoms with Crippen LogP contribution in [-0.4, -0.2) is 64.0 Å². The molecule has 1 N–H and O–H groups in total. The van der Waals surface area contributed by atoms with Gasteiger partial charge in [0.1, 0.15) is 4.21 Å². The minimum Gasteiger partial charge on any atom is -0.301 e. The van der Waals surface area contributed by atoms with Gasteiger partial charge in [-0.2, -0.15) is 0 Å². The number of likely N-dealkylation sites (N-methyl/N-ethyl adjacent to an activating group) is 1. The first kappa shape index (κ1) is 17.9. The minimum absolute atomic E-state index is 0.404. The number of thiophene rings is 1. The number of piperazine rings is 1. The first-order valence-corrected chi connectivity index (χ1v) is 10.5. The van der Waals surface area contributed by atoms with Crippen molar-refractivity contribution in [3.8, 4) is 0 Å². The van der Waals surface area contributed by atoms with Gasteiger partial charge >= 0.3 is 0 Å². The van der Waals surface area contributed by atoms with Gasteiger partial charge in [-0.05, 0) is 37.4 Å². The van der Waals surface area contributed by atoms with Crippen LogP contribution in [-0.2, 0) is 10.0 Å². The maximum Gasteiger partial charge on any atom is 0.250 e. The fourth-order valence-electron chi connectivity index (χ4n) is 2.66. The Bertz CT molecular complexity index is 509. The van der Waals surface area contributed by atoms with Crippen molar-refractivity contribution in [1.82, 2.24) is 14.5 Å². The summed E-state index contributed by atoms with van der Waals surface area (Å²) < 4.78 is 26.9. The molecule has 0 unspecified atom stereocenters. The van der Waals surface area contributed by atoms with Crippen LogP contribution in [0.4, 0.5) is 0 Å². The second-order valence-corrected chi connectivity index (χ2v) is 8.61. The Morgan fingerprint density at radius 2 is 1.86 bits per heavy atom. The van der Waals surface area contributed by atoms with E-state index < -0.39 is 10.0 Å². The smallest absolute Gasteiger partial charge is 0.250 e. The van der Waals surface area contributed by atoms with Crippen LogP contribution in [0.5, 0.6) is 0 Å². The van der Waals surface area contributed by atoms with E-state index in [-0.39, 0.29) is 0 Å². The zero-order valence-corrected chi connectivity index (χ0v) is 15.0. The molecule has 2 heterocycles. The van der Waals surface area contributed by atoms with E-state index in [2.05, 4.69) is 21.4 Å². The van der Waals surface area contributed by atoms with Crippen molar-refractivity contribution in [2.45, 2.75) is 30.4 Å². The predicted molar refractivity (Wildman–Crippen MR) is 91.9 cm³/mol. The highest BCUT2D eigenvalue weighted by Crippen LogP contribution is 2.15. The maximum atomic E-state index is 11.9. The van der Waals surface area contributed by atoms with Crippen LogP contribution >= 0.6 is 11.3 Å². The van der Waals surface area contributed by atoms with Crippen molar-refractivity contribution in [1.29, 1.82) is 0 Å². The molecule has 126 valence electrons. The Labute approximate surface area is 138 Å². The highest BCUT2D eigenvalue weighted by molar-refractivity contribution is 7.91. The third kappa shape index (κ3) is 5.62. The van der Waals surface area contributed by atoms with Gasteiger partial charge in [-0.1, -0.05) is 19.4 Å². The number of rotatable bonds is 9. The molecule has 7 heteroatoms. The standard InChI is InChI=1S/C15H27N3O2S2/c1-2-17-10-12-18(13-11-17)9-5-3-4-8-16-22(19,20)15-7-6-14-21-15/h6-7,14,16H,2-5,8-13H2,1H3. The molecule has 5 nitrogen and oxygen atoms in total. The van der Waals surface area contributed by atoms with Gasteiger partial charge in [-0.15, -0.1) is 11.3 Å². The Morgan fingerprint density at radius 1 is 1.14 bits per heavy atom. The Kier molecular flexibility index (Phi) is 7.30. The fourth-order valence-corrected chi connectivity index (χ4v) is 4.77. The zero-order chi connectivity index (χ0) is 15.8. The monoisotopic (exact) mass is 345 g/mol. The molecule has 0 aliphatic carbocycles. The summed E-state index contributed by atoms with van der Waals surface area (Å²) in [6.07, 6.45) is 3.12. The van der Waals surface area contributed by atoms with Crippen molar-refractivity contribution in [2.24, 2.45) is 0 Å². The van der Waals surface area contributed by atoms with E-state index in [1.165, 1.54) is 37.5 Å². The third-order valence-electron chi connectivity index (χ3n) is 4.12. The van der Waals surface area contributed by atoms with Crippen molar-refractivity contribution >= 4 is 21.4 Å². The van der Waals surface area contributed by atoms with E-state index in [9.17, 15) is 8.42 Å². The van der Waals surface area contributed by atoms with Crippen LogP contribution in [0.3, 0.4) is 0 Å². The highest BCUT2D eigenvalue weighted by atomic mass is 32.2. The van der Waals surface area contributed by atoms with Crippen LogP contribution in [0.2, 0.25) is 0 Å². The molecule has 2 rings (SSSR count). The summed E-state index contributed by atoms with van der Waals surface area (Å²) in [5.74, 6) is 0. The summed E-state index contributed by atoms with van der Waals surface area (Å²) in [5, 5.41) is 1.78. The second-order valence-electron chi connectivity index (χ2n) is 5.67. The summed E-state index contributed by atoms with van der Waals surface area (Å²) in [6.45, 7) is 9.72. The number of unbranched alkanes of at least 4 members (excludes halogenated alkanes) is 2. The summed E-state index contributed by atoms with van der Waals surface area (Å²) in [6, 6.07) is 3.40. The molecule has 0 atom stereocenters. The lowest BCUT2D eigenvalue weighted by molar-refractivity contribution is 0.135. The van der Waals surface area contributed by atoms with E-state index in [0.29, 0.717) is 10.8 Å². The maximum absolute atomic E-state index is 11.9. The lowest BCUT2D eigenvalue weighted by Crippen LogP contribution is -2.46. The average Bonchev–Trinajstić information content (AvgIpc) is 3.06. The minimum atomic E-state index is -3.28. The molecule has 1 fully saturated rings. The van der Waals surface area contributed by atoms with E-state index in [1.807, 2.05) is 0 Å². The zero-order valence-electron chi connectivity index (χ0n) is 13.3. The average molecular weight is 346 g/mol. The predicted octanol–water partition coefficient (Wildman–Crippen LogP) is 1.83. The topological polar surface area (TPSA) is 52.6 Å². The number of nitrogens with zero attached hydrogens (tertiary/aromatic N) is 2. The van der Waals surface area contributed by atoms with Gasteiger partial charge in [-0.25, -0.2) is 13.1 Å². The third-order valence-corrected chi connectivity index (χ3v) is 6.97. The Balaban J connectivity index is 1.53. The van der Waals surface area contributed by atoms with E-state index in [0.717, 1.165) is 32.4 Å². The van der Waals surface area contributed by atoms with Gasteiger partial charge in [0, 0.05) is 32.7 Å². The van der Waals surface area contributed by atoms with Crippen LogP contribution < -0.4 is 4.72 Å². The second kappa shape index (κ2) is 8.98. The normalized spacial score (nSPS) is 17.9. The first-order valence-electron chi connectivity index (χ1n) is 8.09. The Morgan fingerprint density at radius 3 is 2.50 bits per heavy atom. The van der Waals surface area contributed by atoms with Crippen molar-refractivity contribution in [3.63, 3.8) is 0 Å². The summed E-state index contributed by atoms with van der Waals surface area (Å²) in [5.41, 5.74) is 0. The van der Waals surface area contributed by atoms with Crippen LogP contribution in [0.25, 0.3) is 0 Å². The fraction of sp³-hybridized carbons (Fsp3) is 0.733. The first-order chi connectivity index (χ1) is 10.6. The molecule has 1 aromatic rings. The lowest BCUT2D eigenvalue weighted by atomic mass is 10.2. The molecular weight excluding hydrogens is 318 g/mol. The number of hydrogen-bond acceptors (Lipinski definition) is 5. The molecule has 0 spiro atoms. The summed E-state index contributed by atoms with van der Waals surface area (Å²) >= 11 is 1.26. The van der Waals surface area contributed by atoms with E-state index in [4.69, 9.17) is 0 Å². The lowest BCUT2D eigenvalue weighted by Gasteiger charge is -2.33. The van der Waals surface area contributed by atoms with E-state index >= 15 is 0 Å². The molecular formula is C15H27N3O2S2. The van der Waals surface area contributed by atoms with Gasteiger partial charge in [0.2, 0.25) is 10.0 Å². The molecule has 0 saturated carbocycles. The molecule has 0 amide bonds. The van der Waals surface area contributed by atoms with Gasteiger partial charge < -0.3 is 9.80 Å². The SMILES string of the molecule is CCN1CCN(CCCCCNS(=O)(=O)c2cccs2)CC1. The van der Waals surface area contributed by atoms with Gasteiger partial charge in [-0.3, -0.25) is 0 Å². The quantitative estimate of drug-likeness (QED) is 0.694. The molecule has 1 saturated heterocycles. The van der Waals surface area contributed by atoms with Crippen LogP contribution in [0.1, 0.15) is 26.2 Å². The molecule has 1 aromatic heterocycles.